The van der Waals surface area contributed by atoms with Crippen molar-refractivity contribution in [1.82, 2.24) is 10.6 Å². The van der Waals surface area contributed by atoms with Crippen LogP contribution >= 0.6 is 0 Å². The van der Waals surface area contributed by atoms with Gasteiger partial charge >= 0.3 is 0 Å². The van der Waals surface area contributed by atoms with Gasteiger partial charge in [-0.15, -0.1) is 0 Å². The summed E-state index contributed by atoms with van der Waals surface area (Å²) in [5, 5.41) is 15.7. The van der Waals surface area contributed by atoms with Gasteiger partial charge in [0.1, 0.15) is 0 Å². The van der Waals surface area contributed by atoms with Crippen LogP contribution in [0, 0.1) is 0 Å². The number of carbonyl (C=O) groups excluding carboxylic acids is 1. The molecule has 17 heavy (non-hydrogen) atoms. The average molecular weight is 242 g/mol. The molecule has 1 aliphatic carbocycles. The number of rotatable bonds is 6. The van der Waals surface area contributed by atoms with Gasteiger partial charge < -0.3 is 20.5 Å². The van der Waals surface area contributed by atoms with Crippen LogP contribution in [-0.4, -0.2) is 49.0 Å². The van der Waals surface area contributed by atoms with Gasteiger partial charge in [-0.3, -0.25) is 4.79 Å². The van der Waals surface area contributed by atoms with E-state index in [4.69, 9.17) is 4.74 Å². The quantitative estimate of drug-likeness (QED) is 0.602. The molecule has 1 saturated carbocycles. The topological polar surface area (TPSA) is 70.6 Å². The zero-order chi connectivity index (χ0) is 12.1. The van der Waals surface area contributed by atoms with Crippen LogP contribution in [0.5, 0.6) is 0 Å². The Kier molecular flexibility index (Phi) is 4.76. The smallest absolute Gasteiger partial charge is 0.221 e. The molecule has 1 saturated heterocycles. The van der Waals surface area contributed by atoms with Crippen LogP contribution in [0.1, 0.15) is 32.1 Å². The molecule has 98 valence electrons. The molecule has 1 heterocycles. The number of aliphatic hydroxyl groups excluding tert-OH is 1. The molecule has 0 aromatic heterocycles. The lowest BCUT2D eigenvalue weighted by Gasteiger charge is -2.17. The van der Waals surface area contributed by atoms with Crippen molar-refractivity contribution in [3.05, 3.63) is 0 Å². The first-order valence-electron chi connectivity index (χ1n) is 6.54. The number of aliphatic hydroxyl groups is 1. The number of carbonyl (C=O) groups is 1. The SMILES string of the molecule is O=C1CC(NCC(O)COC2CCCC2)CN1. The maximum atomic E-state index is 11.0. The van der Waals surface area contributed by atoms with E-state index in [0.717, 1.165) is 12.8 Å². The summed E-state index contributed by atoms with van der Waals surface area (Å²) < 4.78 is 5.63. The first-order valence-corrected chi connectivity index (χ1v) is 6.54. The van der Waals surface area contributed by atoms with E-state index in [0.29, 0.717) is 32.2 Å². The van der Waals surface area contributed by atoms with E-state index in [9.17, 15) is 9.90 Å². The second-order valence-electron chi connectivity index (χ2n) is 5.01. The number of ether oxygens (including phenoxy) is 1. The van der Waals surface area contributed by atoms with Gasteiger partial charge in [0.25, 0.3) is 0 Å². The third kappa shape index (κ3) is 4.26. The lowest BCUT2D eigenvalue weighted by molar-refractivity contribution is -0.119. The Balaban J connectivity index is 1.54. The molecular formula is C12H22N2O3. The number of nitrogens with one attached hydrogen (secondary N) is 2. The summed E-state index contributed by atoms with van der Waals surface area (Å²) >= 11 is 0. The van der Waals surface area contributed by atoms with Gasteiger partial charge in [-0.1, -0.05) is 12.8 Å². The van der Waals surface area contributed by atoms with E-state index in [1.54, 1.807) is 0 Å². The zero-order valence-electron chi connectivity index (χ0n) is 10.2. The van der Waals surface area contributed by atoms with Crippen molar-refractivity contribution in [2.24, 2.45) is 0 Å². The molecule has 1 amide bonds. The molecule has 0 bridgehead atoms. The zero-order valence-corrected chi connectivity index (χ0v) is 10.2. The summed E-state index contributed by atoms with van der Waals surface area (Å²) in [6.45, 7) is 1.55. The Labute approximate surface area is 102 Å². The van der Waals surface area contributed by atoms with Crippen molar-refractivity contribution >= 4 is 5.91 Å². The van der Waals surface area contributed by atoms with Gasteiger partial charge in [-0.25, -0.2) is 0 Å². The standard InChI is InChI=1S/C12H22N2O3/c15-10(8-17-11-3-1-2-4-11)7-13-9-5-12(16)14-6-9/h9-11,13,15H,1-8H2,(H,14,16). The Bertz CT molecular complexity index is 254. The van der Waals surface area contributed by atoms with Crippen LogP contribution in [0.4, 0.5) is 0 Å². The van der Waals surface area contributed by atoms with Crippen LogP contribution in [0.2, 0.25) is 0 Å². The minimum absolute atomic E-state index is 0.0826. The highest BCUT2D eigenvalue weighted by atomic mass is 16.5. The molecule has 0 aromatic carbocycles. The molecule has 2 aliphatic rings. The molecule has 2 fully saturated rings. The van der Waals surface area contributed by atoms with E-state index in [-0.39, 0.29) is 11.9 Å². The van der Waals surface area contributed by atoms with E-state index in [2.05, 4.69) is 10.6 Å². The van der Waals surface area contributed by atoms with Gasteiger partial charge in [-0.2, -0.15) is 0 Å². The van der Waals surface area contributed by atoms with E-state index >= 15 is 0 Å². The van der Waals surface area contributed by atoms with Crippen molar-refractivity contribution in [3.63, 3.8) is 0 Å². The summed E-state index contributed by atoms with van der Waals surface area (Å²) in [6.07, 6.45) is 5.12. The maximum Gasteiger partial charge on any atom is 0.221 e. The minimum atomic E-state index is -0.480. The third-order valence-electron chi connectivity index (χ3n) is 3.45. The molecule has 3 N–H and O–H groups in total. The van der Waals surface area contributed by atoms with Gasteiger partial charge in [0.05, 0.1) is 18.8 Å². The van der Waals surface area contributed by atoms with Crippen molar-refractivity contribution < 1.29 is 14.6 Å². The van der Waals surface area contributed by atoms with Gasteiger partial charge in [-0.05, 0) is 12.8 Å². The fraction of sp³-hybridized carbons (Fsp3) is 0.917. The predicted molar refractivity (Wildman–Crippen MR) is 63.6 cm³/mol. The molecule has 5 heteroatoms. The number of hydrogen-bond donors (Lipinski definition) is 3. The Morgan fingerprint density at radius 1 is 1.47 bits per heavy atom. The Morgan fingerprint density at radius 3 is 2.88 bits per heavy atom. The Morgan fingerprint density at radius 2 is 2.24 bits per heavy atom. The van der Waals surface area contributed by atoms with Gasteiger partial charge in [0.15, 0.2) is 0 Å². The normalized spacial score (nSPS) is 27.4. The fourth-order valence-electron chi connectivity index (χ4n) is 2.41. The summed E-state index contributed by atoms with van der Waals surface area (Å²) in [7, 11) is 0. The molecule has 0 spiro atoms. The molecule has 2 atom stereocenters. The summed E-state index contributed by atoms with van der Waals surface area (Å²) in [5.74, 6) is 0.0826. The highest BCUT2D eigenvalue weighted by molar-refractivity contribution is 5.78. The van der Waals surface area contributed by atoms with Crippen LogP contribution < -0.4 is 10.6 Å². The second-order valence-corrected chi connectivity index (χ2v) is 5.01. The fourth-order valence-corrected chi connectivity index (χ4v) is 2.41. The van der Waals surface area contributed by atoms with Gasteiger partial charge in [0.2, 0.25) is 5.91 Å². The predicted octanol–water partition coefficient (Wildman–Crippen LogP) is -0.215. The summed E-state index contributed by atoms with van der Waals surface area (Å²) in [6, 6.07) is 0.156. The van der Waals surface area contributed by atoms with Crippen molar-refractivity contribution in [2.45, 2.75) is 50.4 Å². The third-order valence-corrected chi connectivity index (χ3v) is 3.45. The van der Waals surface area contributed by atoms with Crippen molar-refractivity contribution in [3.8, 4) is 0 Å². The highest BCUT2D eigenvalue weighted by Gasteiger charge is 2.22. The molecule has 0 aromatic rings. The monoisotopic (exact) mass is 242 g/mol. The summed E-state index contributed by atoms with van der Waals surface area (Å²) in [4.78, 5) is 11.0. The molecule has 5 nitrogen and oxygen atoms in total. The van der Waals surface area contributed by atoms with Crippen LogP contribution in [0.3, 0.4) is 0 Å². The number of hydrogen-bond acceptors (Lipinski definition) is 4. The van der Waals surface area contributed by atoms with Crippen LogP contribution in [0.15, 0.2) is 0 Å². The second kappa shape index (κ2) is 6.33. The van der Waals surface area contributed by atoms with Crippen LogP contribution in [-0.2, 0) is 9.53 Å². The van der Waals surface area contributed by atoms with Crippen molar-refractivity contribution in [2.75, 3.05) is 19.7 Å². The van der Waals surface area contributed by atoms with E-state index in [1.165, 1.54) is 12.8 Å². The minimum Gasteiger partial charge on any atom is -0.389 e. The lowest BCUT2D eigenvalue weighted by atomic mass is 10.2. The molecule has 2 rings (SSSR count). The number of amides is 1. The van der Waals surface area contributed by atoms with Gasteiger partial charge in [0, 0.05) is 25.6 Å². The average Bonchev–Trinajstić information content (AvgIpc) is 2.95. The molecular weight excluding hydrogens is 220 g/mol. The highest BCUT2D eigenvalue weighted by Crippen LogP contribution is 2.20. The summed E-state index contributed by atoms with van der Waals surface area (Å²) in [5.41, 5.74) is 0. The van der Waals surface area contributed by atoms with E-state index < -0.39 is 6.10 Å². The first-order chi connectivity index (χ1) is 8.24. The maximum absolute atomic E-state index is 11.0. The first kappa shape index (κ1) is 12.8. The largest absolute Gasteiger partial charge is 0.389 e. The van der Waals surface area contributed by atoms with E-state index in [1.807, 2.05) is 0 Å². The molecule has 2 unspecified atom stereocenters. The molecule has 1 aliphatic heterocycles. The van der Waals surface area contributed by atoms with Crippen molar-refractivity contribution in [1.29, 1.82) is 0 Å². The molecule has 0 radical (unpaired) electrons. The van der Waals surface area contributed by atoms with Crippen LogP contribution in [0.25, 0.3) is 0 Å². The lowest BCUT2D eigenvalue weighted by Crippen LogP contribution is -2.39. The Hall–Kier alpha value is -0.650.